The van der Waals surface area contributed by atoms with Gasteiger partial charge in [0.2, 0.25) is 0 Å². The molecular weight excluding hydrogens is 433 g/mol. The molecule has 0 saturated carbocycles. The van der Waals surface area contributed by atoms with Crippen molar-refractivity contribution in [1.29, 1.82) is 0 Å². The first kappa shape index (κ1) is 22.1. The number of aromatic amines is 1. The van der Waals surface area contributed by atoms with Gasteiger partial charge in [-0.25, -0.2) is 0 Å². The molecule has 3 N–H and O–H groups in total. The molecule has 0 bridgehead atoms. The second-order valence-electron chi connectivity index (χ2n) is 7.34. The summed E-state index contributed by atoms with van der Waals surface area (Å²) >= 11 is 0. The van der Waals surface area contributed by atoms with Crippen molar-refractivity contribution in [3.05, 3.63) is 89.4 Å². The Morgan fingerprint density at radius 3 is 2.48 bits per heavy atom. The highest BCUT2D eigenvalue weighted by Crippen LogP contribution is 2.30. The first-order valence-corrected chi connectivity index (χ1v) is 10.0. The fraction of sp³-hybridized carbons (Fsp3) is 0.125. The van der Waals surface area contributed by atoms with Crippen LogP contribution in [0.3, 0.4) is 0 Å². The average molecular weight is 452 g/mol. The molecule has 2 aromatic carbocycles. The lowest BCUT2D eigenvalue weighted by molar-refractivity contribution is -0.137. The highest BCUT2D eigenvalue weighted by atomic mass is 19.4. The van der Waals surface area contributed by atoms with Gasteiger partial charge >= 0.3 is 6.18 Å². The van der Waals surface area contributed by atoms with Gasteiger partial charge in [0.1, 0.15) is 11.4 Å². The fourth-order valence-corrected chi connectivity index (χ4v) is 3.48. The molecule has 0 spiro atoms. The van der Waals surface area contributed by atoms with Crippen LogP contribution in [0.5, 0.6) is 0 Å². The van der Waals surface area contributed by atoms with Crippen molar-refractivity contribution >= 4 is 22.7 Å². The predicted octanol–water partition coefficient (Wildman–Crippen LogP) is 4.54. The summed E-state index contributed by atoms with van der Waals surface area (Å²) in [6.45, 7) is -0.0584. The molecule has 0 radical (unpaired) electrons. The van der Waals surface area contributed by atoms with E-state index >= 15 is 0 Å². The highest BCUT2D eigenvalue weighted by Gasteiger charge is 2.30. The molecule has 4 aromatic rings. The van der Waals surface area contributed by atoms with Crippen molar-refractivity contribution < 1.29 is 22.8 Å². The molecular formula is C24H19F3N4O2. The van der Waals surface area contributed by atoms with Crippen LogP contribution in [-0.4, -0.2) is 28.8 Å². The van der Waals surface area contributed by atoms with E-state index in [4.69, 9.17) is 0 Å². The van der Waals surface area contributed by atoms with Gasteiger partial charge in [0.25, 0.3) is 11.8 Å². The maximum absolute atomic E-state index is 12.8. The van der Waals surface area contributed by atoms with Gasteiger partial charge in [0, 0.05) is 36.3 Å². The summed E-state index contributed by atoms with van der Waals surface area (Å²) in [5.41, 5.74) is 2.50. The minimum atomic E-state index is -4.44. The SMILES string of the molecule is CNC(=O)c1cc2c(-c3ccc(C(=O)NCc4cccc(C(F)(F)F)c4)nc3)cccc2[nH]1. The second kappa shape index (κ2) is 8.78. The maximum atomic E-state index is 12.8. The highest BCUT2D eigenvalue weighted by molar-refractivity contribution is 6.03. The van der Waals surface area contributed by atoms with Crippen LogP contribution in [-0.2, 0) is 12.7 Å². The molecule has 0 aliphatic rings. The molecule has 2 aromatic heterocycles. The zero-order valence-electron chi connectivity index (χ0n) is 17.5. The lowest BCUT2D eigenvalue weighted by Crippen LogP contribution is -2.24. The van der Waals surface area contributed by atoms with Gasteiger partial charge in [-0.3, -0.25) is 14.6 Å². The van der Waals surface area contributed by atoms with Gasteiger partial charge in [0.15, 0.2) is 0 Å². The number of amides is 2. The quantitative estimate of drug-likeness (QED) is 0.416. The zero-order chi connectivity index (χ0) is 23.6. The molecule has 6 nitrogen and oxygen atoms in total. The van der Waals surface area contributed by atoms with Crippen molar-refractivity contribution in [2.75, 3.05) is 7.05 Å². The van der Waals surface area contributed by atoms with E-state index in [1.54, 1.807) is 31.4 Å². The number of nitrogens with one attached hydrogen (secondary N) is 3. The Morgan fingerprint density at radius 2 is 1.79 bits per heavy atom. The summed E-state index contributed by atoms with van der Waals surface area (Å²) in [5, 5.41) is 5.99. The van der Waals surface area contributed by atoms with Crippen LogP contribution in [0.2, 0.25) is 0 Å². The van der Waals surface area contributed by atoms with Crippen molar-refractivity contribution in [3.63, 3.8) is 0 Å². The third kappa shape index (κ3) is 4.72. The van der Waals surface area contributed by atoms with Crippen molar-refractivity contribution in [3.8, 4) is 11.1 Å². The number of alkyl halides is 3. The predicted molar refractivity (Wildman–Crippen MR) is 118 cm³/mol. The van der Waals surface area contributed by atoms with Gasteiger partial charge in [-0.05, 0) is 41.5 Å². The van der Waals surface area contributed by atoms with Crippen molar-refractivity contribution in [1.82, 2.24) is 20.6 Å². The largest absolute Gasteiger partial charge is 0.416 e. The van der Waals surface area contributed by atoms with E-state index in [-0.39, 0.29) is 18.1 Å². The summed E-state index contributed by atoms with van der Waals surface area (Å²) in [5.74, 6) is -0.733. The van der Waals surface area contributed by atoms with Crippen LogP contribution in [0.4, 0.5) is 13.2 Å². The van der Waals surface area contributed by atoms with E-state index in [1.807, 2.05) is 18.2 Å². The number of H-pyrrole nitrogens is 1. The van der Waals surface area contributed by atoms with E-state index < -0.39 is 17.6 Å². The standard InChI is InChI=1S/C24H19F3N4O2/c1-28-22(32)21-11-18-17(6-3-7-19(18)31-21)15-8-9-20(29-13-15)23(33)30-12-14-4-2-5-16(10-14)24(25,26)27/h2-11,13,31H,12H2,1H3,(H,28,32)(H,30,33). The molecule has 33 heavy (non-hydrogen) atoms. The minimum absolute atomic E-state index is 0.0584. The number of hydrogen-bond donors (Lipinski definition) is 3. The normalized spacial score (nSPS) is 11.4. The van der Waals surface area contributed by atoms with E-state index in [1.165, 1.54) is 12.1 Å². The Kier molecular flexibility index (Phi) is 5.87. The van der Waals surface area contributed by atoms with Crippen LogP contribution >= 0.6 is 0 Å². The van der Waals surface area contributed by atoms with Crippen molar-refractivity contribution in [2.45, 2.75) is 12.7 Å². The molecule has 0 atom stereocenters. The first-order chi connectivity index (χ1) is 15.8. The van der Waals surface area contributed by atoms with Gasteiger partial charge in [-0.1, -0.05) is 30.3 Å². The number of fused-ring (bicyclic) bond motifs is 1. The van der Waals surface area contributed by atoms with Crippen molar-refractivity contribution in [2.24, 2.45) is 0 Å². The monoisotopic (exact) mass is 452 g/mol. The summed E-state index contributed by atoms with van der Waals surface area (Å²) < 4.78 is 38.5. The molecule has 2 amide bonds. The third-order valence-corrected chi connectivity index (χ3v) is 5.15. The number of benzene rings is 2. The number of pyridine rings is 1. The minimum Gasteiger partial charge on any atom is -0.354 e. The van der Waals surface area contributed by atoms with Gasteiger partial charge in [-0.15, -0.1) is 0 Å². The molecule has 0 unspecified atom stereocenters. The Bertz CT molecular complexity index is 1330. The number of carbonyl (C=O) groups is 2. The molecule has 0 aliphatic heterocycles. The molecule has 0 saturated heterocycles. The molecule has 168 valence electrons. The summed E-state index contributed by atoms with van der Waals surface area (Å²) in [7, 11) is 1.55. The molecule has 0 aliphatic carbocycles. The zero-order valence-corrected chi connectivity index (χ0v) is 17.5. The molecule has 0 fully saturated rings. The molecule has 2 heterocycles. The summed E-state index contributed by atoms with van der Waals surface area (Å²) in [4.78, 5) is 31.6. The number of aromatic nitrogens is 2. The van der Waals surface area contributed by atoms with Crippen LogP contribution < -0.4 is 10.6 Å². The van der Waals surface area contributed by atoms with Crippen LogP contribution in [0, 0.1) is 0 Å². The molecule has 4 rings (SSSR count). The van der Waals surface area contributed by atoms with Gasteiger partial charge in [0.05, 0.1) is 5.56 Å². The molecule has 9 heteroatoms. The van der Waals surface area contributed by atoms with Crippen LogP contribution in [0.25, 0.3) is 22.0 Å². The van der Waals surface area contributed by atoms with E-state index in [0.717, 1.165) is 34.2 Å². The smallest absolute Gasteiger partial charge is 0.354 e. The second-order valence-corrected chi connectivity index (χ2v) is 7.34. The van der Waals surface area contributed by atoms with Crippen LogP contribution in [0.15, 0.2) is 66.9 Å². The maximum Gasteiger partial charge on any atom is 0.416 e. The van der Waals surface area contributed by atoms with Gasteiger partial charge < -0.3 is 15.6 Å². The van der Waals surface area contributed by atoms with Crippen LogP contribution in [0.1, 0.15) is 32.1 Å². The first-order valence-electron chi connectivity index (χ1n) is 10.0. The number of halogens is 3. The van der Waals surface area contributed by atoms with E-state index in [9.17, 15) is 22.8 Å². The van der Waals surface area contributed by atoms with Gasteiger partial charge in [-0.2, -0.15) is 13.2 Å². The average Bonchev–Trinajstić information content (AvgIpc) is 3.26. The van der Waals surface area contributed by atoms with E-state index in [2.05, 4.69) is 20.6 Å². The Balaban J connectivity index is 1.50. The number of rotatable bonds is 5. The Morgan fingerprint density at radius 1 is 1.00 bits per heavy atom. The lowest BCUT2D eigenvalue weighted by atomic mass is 10.0. The number of carbonyl (C=O) groups excluding carboxylic acids is 2. The Labute approximate surface area is 186 Å². The lowest BCUT2D eigenvalue weighted by Gasteiger charge is -2.10. The number of nitrogens with zero attached hydrogens (tertiary/aromatic N) is 1. The Hall–Kier alpha value is -4.14. The number of hydrogen-bond acceptors (Lipinski definition) is 3. The fourth-order valence-electron chi connectivity index (χ4n) is 3.48. The summed E-state index contributed by atoms with van der Waals surface area (Å²) in [6, 6.07) is 15.4. The topological polar surface area (TPSA) is 86.9 Å². The summed E-state index contributed by atoms with van der Waals surface area (Å²) in [6.07, 6.45) is -2.90. The third-order valence-electron chi connectivity index (χ3n) is 5.15. The van der Waals surface area contributed by atoms with E-state index in [0.29, 0.717) is 11.3 Å².